The minimum Gasteiger partial charge on any atom is -0.446 e. The van der Waals surface area contributed by atoms with Gasteiger partial charge in [0.2, 0.25) is 0 Å². The van der Waals surface area contributed by atoms with Gasteiger partial charge in [-0.25, -0.2) is 4.79 Å². The molecule has 3 atom stereocenters. The van der Waals surface area contributed by atoms with Crippen molar-refractivity contribution in [2.75, 3.05) is 6.54 Å². The minimum absolute atomic E-state index is 0.0981. The van der Waals surface area contributed by atoms with Crippen molar-refractivity contribution in [2.24, 2.45) is 23.7 Å². The zero-order chi connectivity index (χ0) is 13.7. The molecule has 0 heterocycles. The average Bonchev–Trinajstić information content (AvgIpc) is 2.26. The van der Waals surface area contributed by atoms with Crippen molar-refractivity contribution in [1.29, 1.82) is 0 Å². The quantitative estimate of drug-likeness (QED) is 0.829. The Morgan fingerprint density at radius 1 is 1.28 bits per heavy atom. The molecule has 0 radical (unpaired) electrons. The summed E-state index contributed by atoms with van der Waals surface area (Å²) in [5, 5.41) is 2.84. The van der Waals surface area contributed by atoms with Crippen LogP contribution in [0.15, 0.2) is 0 Å². The van der Waals surface area contributed by atoms with Crippen LogP contribution in [-0.4, -0.2) is 18.7 Å². The summed E-state index contributed by atoms with van der Waals surface area (Å²) in [4.78, 5) is 11.8. The Balaban J connectivity index is 2.47. The normalized spacial score (nSPS) is 28.5. The molecule has 3 heteroatoms. The molecule has 3 nitrogen and oxygen atoms in total. The lowest BCUT2D eigenvalue weighted by atomic mass is 9.75. The van der Waals surface area contributed by atoms with Gasteiger partial charge in [0.25, 0.3) is 0 Å². The van der Waals surface area contributed by atoms with E-state index >= 15 is 0 Å². The van der Waals surface area contributed by atoms with E-state index in [-0.39, 0.29) is 12.2 Å². The number of nitrogens with one attached hydrogen (secondary N) is 1. The van der Waals surface area contributed by atoms with Crippen molar-refractivity contribution in [3.63, 3.8) is 0 Å². The van der Waals surface area contributed by atoms with Crippen LogP contribution in [0.25, 0.3) is 0 Å². The first-order valence-corrected chi connectivity index (χ1v) is 7.34. The van der Waals surface area contributed by atoms with E-state index in [1.807, 2.05) is 0 Å². The predicted molar refractivity (Wildman–Crippen MR) is 74.5 cm³/mol. The fraction of sp³-hybridized carbons (Fsp3) is 0.933. The molecule has 1 aliphatic rings. The van der Waals surface area contributed by atoms with E-state index < -0.39 is 0 Å². The van der Waals surface area contributed by atoms with E-state index in [0.717, 1.165) is 6.42 Å². The van der Waals surface area contributed by atoms with Gasteiger partial charge in [0, 0.05) is 6.54 Å². The summed E-state index contributed by atoms with van der Waals surface area (Å²) >= 11 is 0. The van der Waals surface area contributed by atoms with Crippen LogP contribution in [0, 0.1) is 23.7 Å². The first-order chi connectivity index (χ1) is 8.40. The highest BCUT2D eigenvalue weighted by Crippen LogP contribution is 2.35. The number of carbonyl (C=O) groups is 1. The summed E-state index contributed by atoms with van der Waals surface area (Å²) in [7, 11) is 0. The summed E-state index contributed by atoms with van der Waals surface area (Å²) in [6.07, 6.45) is 3.31. The monoisotopic (exact) mass is 255 g/mol. The smallest absolute Gasteiger partial charge is 0.407 e. The third kappa shape index (κ3) is 4.87. The second kappa shape index (κ2) is 7.01. The van der Waals surface area contributed by atoms with E-state index in [4.69, 9.17) is 4.74 Å². The Morgan fingerprint density at radius 2 is 1.94 bits per heavy atom. The first kappa shape index (κ1) is 15.3. The number of ether oxygens (including phenoxy) is 1. The van der Waals surface area contributed by atoms with Crippen LogP contribution in [-0.2, 0) is 4.74 Å². The standard InChI is InChI=1S/C15H29NO2/c1-10(2)9-16-15(17)18-14-8-12(5)6-7-13(14)11(3)4/h10-14H,6-9H2,1-5H3,(H,16,17)/t12?,13-,14?/m0/s1. The molecule has 106 valence electrons. The van der Waals surface area contributed by atoms with Gasteiger partial charge in [0.15, 0.2) is 0 Å². The average molecular weight is 255 g/mol. The van der Waals surface area contributed by atoms with Gasteiger partial charge in [-0.3, -0.25) is 0 Å². The SMILES string of the molecule is CC(C)CNC(=O)OC1CC(C)CC[C@H]1C(C)C. The second-order valence-electron chi connectivity index (χ2n) is 6.54. The van der Waals surface area contributed by atoms with Crippen molar-refractivity contribution in [1.82, 2.24) is 5.32 Å². The summed E-state index contributed by atoms with van der Waals surface area (Å²) in [5.74, 6) is 2.23. The molecule has 1 fully saturated rings. The van der Waals surface area contributed by atoms with E-state index in [9.17, 15) is 4.79 Å². The fourth-order valence-corrected chi connectivity index (χ4v) is 2.72. The summed E-state index contributed by atoms with van der Waals surface area (Å²) in [5.41, 5.74) is 0. The topological polar surface area (TPSA) is 38.3 Å². The molecular formula is C15H29NO2. The fourth-order valence-electron chi connectivity index (χ4n) is 2.72. The molecule has 0 aromatic carbocycles. The third-order valence-electron chi connectivity index (χ3n) is 3.87. The van der Waals surface area contributed by atoms with Crippen LogP contribution in [0.2, 0.25) is 0 Å². The Morgan fingerprint density at radius 3 is 2.50 bits per heavy atom. The maximum absolute atomic E-state index is 11.8. The highest BCUT2D eigenvalue weighted by atomic mass is 16.6. The van der Waals surface area contributed by atoms with Gasteiger partial charge >= 0.3 is 6.09 Å². The molecule has 1 amide bonds. The first-order valence-electron chi connectivity index (χ1n) is 7.34. The van der Waals surface area contributed by atoms with Crippen molar-refractivity contribution in [2.45, 2.75) is 60.0 Å². The van der Waals surface area contributed by atoms with E-state index in [1.165, 1.54) is 12.8 Å². The van der Waals surface area contributed by atoms with Crippen molar-refractivity contribution in [3.8, 4) is 0 Å². The number of hydrogen-bond acceptors (Lipinski definition) is 2. The molecule has 0 spiro atoms. The van der Waals surface area contributed by atoms with Crippen LogP contribution in [0.4, 0.5) is 4.79 Å². The lowest BCUT2D eigenvalue weighted by Crippen LogP contribution is -2.39. The Kier molecular flexibility index (Phi) is 5.97. The number of amides is 1. The molecule has 0 aromatic heterocycles. The Hall–Kier alpha value is -0.730. The van der Waals surface area contributed by atoms with Crippen molar-refractivity contribution < 1.29 is 9.53 Å². The highest BCUT2D eigenvalue weighted by molar-refractivity contribution is 5.67. The van der Waals surface area contributed by atoms with Crippen molar-refractivity contribution in [3.05, 3.63) is 0 Å². The highest BCUT2D eigenvalue weighted by Gasteiger charge is 2.33. The lowest BCUT2D eigenvalue weighted by molar-refractivity contribution is 0.00595. The number of hydrogen-bond donors (Lipinski definition) is 1. The molecule has 1 aliphatic carbocycles. The molecular weight excluding hydrogens is 226 g/mol. The Bertz CT molecular complexity index is 263. The van der Waals surface area contributed by atoms with Crippen LogP contribution >= 0.6 is 0 Å². The maximum atomic E-state index is 11.8. The number of alkyl carbamates (subject to hydrolysis) is 1. The molecule has 1 rings (SSSR count). The molecule has 1 saturated carbocycles. The van der Waals surface area contributed by atoms with Gasteiger partial charge in [0.1, 0.15) is 6.10 Å². The van der Waals surface area contributed by atoms with Gasteiger partial charge in [-0.1, -0.05) is 41.0 Å². The van der Waals surface area contributed by atoms with Crippen LogP contribution in [0.5, 0.6) is 0 Å². The predicted octanol–water partition coefficient (Wildman–Crippen LogP) is 3.83. The minimum atomic E-state index is -0.242. The number of carbonyl (C=O) groups excluding carboxylic acids is 1. The third-order valence-corrected chi connectivity index (χ3v) is 3.87. The van der Waals surface area contributed by atoms with Gasteiger partial charge in [-0.15, -0.1) is 0 Å². The molecule has 0 aliphatic heterocycles. The van der Waals surface area contributed by atoms with Crippen LogP contribution in [0.3, 0.4) is 0 Å². The van der Waals surface area contributed by atoms with E-state index in [1.54, 1.807) is 0 Å². The second-order valence-corrected chi connectivity index (χ2v) is 6.54. The van der Waals surface area contributed by atoms with Crippen LogP contribution in [0.1, 0.15) is 53.9 Å². The van der Waals surface area contributed by atoms with Crippen LogP contribution < -0.4 is 5.32 Å². The lowest BCUT2D eigenvalue weighted by Gasteiger charge is -2.36. The zero-order valence-electron chi connectivity index (χ0n) is 12.5. The molecule has 2 unspecified atom stereocenters. The largest absolute Gasteiger partial charge is 0.446 e. The van der Waals surface area contributed by atoms with Gasteiger partial charge in [-0.05, 0) is 36.5 Å². The zero-order valence-corrected chi connectivity index (χ0v) is 12.5. The molecule has 18 heavy (non-hydrogen) atoms. The molecule has 0 bridgehead atoms. The van der Waals surface area contributed by atoms with Crippen molar-refractivity contribution >= 4 is 6.09 Å². The maximum Gasteiger partial charge on any atom is 0.407 e. The summed E-state index contributed by atoms with van der Waals surface area (Å²) < 4.78 is 5.64. The summed E-state index contributed by atoms with van der Waals surface area (Å²) in [6, 6.07) is 0. The number of rotatable bonds is 4. The molecule has 1 N–H and O–H groups in total. The van der Waals surface area contributed by atoms with Gasteiger partial charge in [0.05, 0.1) is 0 Å². The van der Waals surface area contributed by atoms with E-state index in [0.29, 0.717) is 30.2 Å². The summed E-state index contributed by atoms with van der Waals surface area (Å²) in [6.45, 7) is 11.6. The molecule has 0 aromatic rings. The van der Waals surface area contributed by atoms with E-state index in [2.05, 4.69) is 39.9 Å². The van der Waals surface area contributed by atoms with Gasteiger partial charge in [-0.2, -0.15) is 0 Å². The Labute approximate surface area is 112 Å². The molecule has 0 saturated heterocycles. The van der Waals surface area contributed by atoms with Gasteiger partial charge < -0.3 is 10.1 Å².